The first-order valence-corrected chi connectivity index (χ1v) is 8.78. The second-order valence-corrected chi connectivity index (χ2v) is 7.98. The highest BCUT2D eigenvalue weighted by Gasteiger charge is 2.41. The molecule has 2 saturated heterocycles. The maximum Gasteiger partial charge on any atom is 0.410 e. The largest absolute Gasteiger partial charge is 0.444 e. The molecule has 3 fully saturated rings. The van der Waals surface area contributed by atoms with Gasteiger partial charge in [-0.1, -0.05) is 0 Å². The molecule has 1 saturated carbocycles. The molecule has 0 bridgehead atoms. The van der Waals surface area contributed by atoms with Crippen LogP contribution in [0.15, 0.2) is 0 Å². The normalized spacial score (nSPS) is 30.6. The summed E-state index contributed by atoms with van der Waals surface area (Å²) in [5.41, 5.74) is -0.412. The van der Waals surface area contributed by atoms with Crippen LogP contribution in [0.3, 0.4) is 0 Å². The molecule has 0 radical (unpaired) electrons. The molecule has 3 rings (SSSR count). The van der Waals surface area contributed by atoms with Crippen LogP contribution in [0.2, 0.25) is 0 Å². The summed E-state index contributed by atoms with van der Waals surface area (Å²) in [5, 5.41) is 3.79. The van der Waals surface area contributed by atoms with Crippen molar-refractivity contribution in [3.63, 3.8) is 0 Å². The number of carbonyl (C=O) groups is 1. The summed E-state index contributed by atoms with van der Waals surface area (Å²) in [6.07, 6.45) is 6.07. The van der Waals surface area contributed by atoms with Crippen molar-refractivity contribution in [2.24, 2.45) is 5.92 Å². The van der Waals surface area contributed by atoms with Crippen molar-refractivity contribution in [3.05, 3.63) is 0 Å². The summed E-state index contributed by atoms with van der Waals surface area (Å²) in [6.45, 7) is 8.21. The van der Waals surface area contributed by atoms with Gasteiger partial charge in [0.05, 0.1) is 6.10 Å². The second-order valence-electron chi connectivity index (χ2n) is 7.98. The molecule has 5 nitrogen and oxygen atoms in total. The molecule has 0 aromatic heterocycles. The number of hydrogen-bond donors (Lipinski definition) is 1. The molecule has 126 valence electrons. The van der Waals surface area contributed by atoms with E-state index in [0.717, 1.165) is 44.9 Å². The molecule has 1 N–H and O–H groups in total. The molecule has 2 atom stereocenters. The molecule has 22 heavy (non-hydrogen) atoms. The average Bonchev–Trinajstić information content (AvgIpc) is 3.18. The van der Waals surface area contributed by atoms with Crippen molar-refractivity contribution < 1.29 is 14.3 Å². The zero-order valence-electron chi connectivity index (χ0n) is 14.1. The number of nitrogens with one attached hydrogen (secondary N) is 1. The first-order chi connectivity index (χ1) is 10.4. The van der Waals surface area contributed by atoms with Gasteiger partial charge in [0.15, 0.2) is 0 Å². The number of hydrogen-bond acceptors (Lipinski definition) is 4. The fourth-order valence-electron chi connectivity index (χ4n) is 3.54. The van der Waals surface area contributed by atoms with Gasteiger partial charge in [-0.25, -0.2) is 4.79 Å². The Morgan fingerprint density at radius 3 is 2.41 bits per heavy atom. The molecule has 3 aliphatic rings. The third kappa shape index (κ3) is 4.13. The Bertz CT molecular complexity index is 395. The summed E-state index contributed by atoms with van der Waals surface area (Å²) >= 11 is 0. The minimum absolute atomic E-state index is 0.175. The fourth-order valence-corrected chi connectivity index (χ4v) is 3.54. The molecule has 5 heteroatoms. The summed E-state index contributed by atoms with van der Waals surface area (Å²) in [4.78, 5) is 13.9. The zero-order valence-corrected chi connectivity index (χ0v) is 14.1. The lowest BCUT2D eigenvalue weighted by Gasteiger charge is -2.35. The van der Waals surface area contributed by atoms with Crippen LogP contribution in [0.5, 0.6) is 0 Å². The first-order valence-electron chi connectivity index (χ1n) is 8.78. The van der Waals surface area contributed by atoms with Crippen LogP contribution >= 0.6 is 0 Å². The van der Waals surface area contributed by atoms with Crippen molar-refractivity contribution in [2.75, 3.05) is 19.7 Å². The van der Waals surface area contributed by atoms with Gasteiger partial charge in [0.25, 0.3) is 0 Å². The van der Waals surface area contributed by atoms with E-state index in [9.17, 15) is 4.79 Å². The van der Waals surface area contributed by atoms with Crippen molar-refractivity contribution in [1.29, 1.82) is 0 Å². The van der Waals surface area contributed by atoms with Crippen LogP contribution in [-0.2, 0) is 9.47 Å². The predicted molar refractivity (Wildman–Crippen MR) is 84.8 cm³/mol. The minimum atomic E-state index is -0.412. The smallest absolute Gasteiger partial charge is 0.410 e. The highest BCUT2D eigenvalue weighted by atomic mass is 16.6. The summed E-state index contributed by atoms with van der Waals surface area (Å²) in [6, 6.07) is 1.03. The van der Waals surface area contributed by atoms with E-state index in [4.69, 9.17) is 9.47 Å². The van der Waals surface area contributed by atoms with Crippen molar-refractivity contribution in [1.82, 2.24) is 10.2 Å². The predicted octanol–water partition coefficient (Wildman–Crippen LogP) is 2.54. The lowest BCUT2D eigenvalue weighted by Crippen LogP contribution is -2.50. The van der Waals surface area contributed by atoms with Crippen molar-refractivity contribution in [3.8, 4) is 0 Å². The monoisotopic (exact) mass is 310 g/mol. The highest BCUT2D eigenvalue weighted by molar-refractivity contribution is 5.68. The van der Waals surface area contributed by atoms with Crippen molar-refractivity contribution >= 4 is 6.09 Å². The lowest BCUT2D eigenvalue weighted by molar-refractivity contribution is 0.0188. The topological polar surface area (TPSA) is 50.8 Å². The van der Waals surface area contributed by atoms with Gasteiger partial charge in [-0.15, -0.1) is 0 Å². The van der Waals surface area contributed by atoms with Gasteiger partial charge < -0.3 is 19.7 Å². The molecule has 1 aliphatic carbocycles. The molecule has 0 aromatic rings. The lowest BCUT2D eigenvalue weighted by atomic mass is 10.0. The van der Waals surface area contributed by atoms with E-state index < -0.39 is 5.60 Å². The highest BCUT2D eigenvalue weighted by Crippen LogP contribution is 2.39. The zero-order chi connectivity index (χ0) is 15.7. The Hall–Kier alpha value is -0.810. The maximum atomic E-state index is 12.1. The maximum absolute atomic E-state index is 12.1. The Morgan fingerprint density at radius 1 is 1.14 bits per heavy atom. The van der Waals surface area contributed by atoms with Gasteiger partial charge >= 0.3 is 6.09 Å². The van der Waals surface area contributed by atoms with Gasteiger partial charge in [-0.3, -0.25) is 0 Å². The Labute approximate surface area is 133 Å². The molecular formula is C17H30N2O3. The van der Waals surface area contributed by atoms with E-state index in [2.05, 4.69) is 5.32 Å². The minimum Gasteiger partial charge on any atom is -0.444 e. The first kappa shape index (κ1) is 16.1. The number of ether oxygens (including phenoxy) is 2. The fraction of sp³-hybridized carbons (Fsp3) is 0.941. The van der Waals surface area contributed by atoms with E-state index in [1.807, 2.05) is 25.7 Å². The summed E-state index contributed by atoms with van der Waals surface area (Å²) in [7, 11) is 0. The van der Waals surface area contributed by atoms with Gasteiger partial charge in [0.2, 0.25) is 0 Å². The van der Waals surface area contributed by atoms with Gasteiger partial charge in [0.1, 0.15) is 5.60 Å². The molecule has 1 amide bonds. The number of likely N-dealkylation sites (tertiary alicyclic amines) is 1. The van der Waals surface area contributed by atoms with Crippen LogP contribution in [0.4, 0.5) is 4.79 Å². The van der Waals surface area contributed by atoms with Crippen LogP contribution in [-0.4, -0.2) is 54.5 Å². The summed E-state index contributed by atoms with van der Waals surface area (Å²) in [5.74, 6) is 0.793. The number of rotatable bonds is 3. The van der Waals surface area contributed by atoms with Gasteiger partial charge in [0, 0.05) is 31.8 Å². The molecule has 2 aliphatic heterocycles. The van der Waals surface area contributed by atoms with Crippen molar-refractivity contribution in [2.45, 2.75) is 76.7 Å². The van der Waals surface area contributed by atoms with Gasteiger partial charge in [-0.2, -0.15) is 0 Å². The van der Waals surface area contributed by atoms with Gasteiger partial charge in [-0.05, 0) is 58.8 Å². The number of carbonyl (C=O) groups excluding carboxylic acids is 1. The summed E-state index contributed by atoms with van der Waals surface area (Å²) < 4.78 is 11.3. The average molecular weight is 310 g/mol. The van der Waals surface area contributed by atoms with E-state index in [1.54, 1.807) is 0 Å². The third-order valence-corrected chi connectivity index (χ3v) is 4.82. The van der Waals surface area contributed by atoms with E-state index in [0.29, 0.717) is 18.2 Å². The van der Waals surface area contributed by atoms with E-state index in [-0.39, 0.29) is 6.09 Å². The molecule has 2 unspecified atom stereocenters. The molecule has 0 spiro atoms. The number of piperidine rings is 1. The standard InChI is InChI=1S/C17H30N2O3/c1-17(2,3)22-16(20)19-9-6-13(7-10-19)18-14-8-11-21-15(14)12-4-5-12/h12-15,18H,4-11H2,1-3H3. The van der Waals surface area contributed by atoms with E-state index >= 15 is 0 Å². The third-order valence-electron chi connectivity index (χ3n) is 4.82. The SMILES string of the molecule is CC(C)(C)OC(=O)N1CCC(NC2CCOC2C2CC2)CC1. The van der Waals surface area contributed by atoms with Crippen LogP contribution < -0.4 is 5.32 Å². The van der Waals surface area contributed by atoms with Crippen LogP contribution in [0.25, 0.3) is 0 Å². The number of amides is 1. The second kappa shape index (κ2) is 6.36. The Morgan fingerprint density at radius 2 is 1.82 bits per heavy atom. The van der Waals surface area contributed by atoms with Crippen LogP contribution in [0, 0.1) is 5.92 Å². The quantitative estimate of drug-likeness (QED) is 0.870. The van der Waals surface area contributed by atoms with E-state index in [1.165, 1.54) is 12.8 Å². The Balaban J connectivity index is 1.42. The Kier molecular flexibility index (Phi) is 4.64. The number of nitrogens with zero attached hydrogens (tertiary/aromatic N) is 1. The molecule has 2 heterocycles. The molecular weight excluding hydrogens is 280 g/mol. The molecule has 0 aromatic carbocycles. The van der Waals surface area contributed by atoms with Crippen LogP contribution in [0.1, 0.15) is 52.9 Å².